The lowest BCUT2D eigenvalue weighted by Crippen LogP contribution is -2.35. The number of methoxy groups -OCH3 is 2. The van der Waals surface area contributed by atoms with Gasteiger partial charge in [-0.3, -0.25) is 4.79 Å². The van der Waals surface area contributed by atoms with Crippen LogP contribution in [0.3, 0.4) is 0 Å². The zero-order valence-electron chi connectivity index (χ0n) is 15.0. The van der Waals surface area contributed by atoms with E-state index in [1.165, 1.54) is 52.3 Å². The van der Waals surface area contributed by atoms with Crippen molar-refractivity contribution in [3.05, 3.63) is 34.9 Å². The molecule has 0 unspecified atom stereocenters. The van der Waals surface area contributed by atoms with Gasteiger partial charge in [0.2, 0.25) is 21.8 Å². The Hall–Kier alpha value is -2.59. The van der Waals surface area contributed by atoms with Crippen LogP contribution in [0.4, 0.5) is 0 Å². The number of hydrogen-bond donors (Lipinski definition) is 1. The van der Waals surface area contributed by atoms with E-state index < -0.39 is 21.2 Å². The van der Waals surface area contributed by atoms with Crippen LogP contribution in [0.15, 0.2) is 24.3 Å². The van der Waals surface area contributed by atoms with E-state index in [1.807, 2.05) is 4.72 Å². The standard InChI is InChI=1S/C16H18ClN3O6S/c1-9(2)27(22,23)20-15(21)11-6-5-10(7-12(11)17)26-16-18-13(24-3)8-14(19-16)25-4/h5-9H,1-4H3,(H,20,21). The molecule has 1 N–H and O–H groups in total. The van der Waals surface area contributed by atoms with Crippen LogP contribution in [0, 0.1) is 0 Å². The fourth-order valence-electron chi connectivity index (χ4n) is 1.79. The van der Waals surface area contributed by atoms with Crippen molar-refractivity contribution in [2.45, 2.75) is 19.1 Å². The molecule has 0 radical (unpaired) electrons. The van der Waals surface area contributed by atoms with Gasteiger partial charge in [0, 0.05) is 6.07 Å². The van der Waals surface area contributed by atoms with Crippen molar-refractivity contribution in [2.24, 2.45) is 0 Å². The van der Waals surface area contributed by atoms with Crippen LogP contribution in [0.2, 0.25) is 5.02 Å². The minimum absolute atomic E-state index is 0.00110. The highest BCUT2D eigenvalue weighted by molar-refractivity contribution is 7.90. The predicted molar refractivity (Wildman–Crippen MR) is 98.2 cm³/mol. The summed E-state index contributed by atoms with van der Waals surface area (Å²) in [5, 5.41) is -0.762. The molecular weight excluding hydrogens is 398 g/mol. The number of nitrogens with zero attached hydrogens (tertiary/aromatic N) is 2. The number of carbonyl (C=O) groups is 1. The Bertz CT molecular complexity index is 927. The van der Waals surface area contributed by atoms with Gasteiger partial charge in [0.15, 0.2) is 0 Å². The first kappa shape index (κ1) is 20.7. The van der Waals surface area contributed by atoms with Gasteiger partial charge in [-0.25, -0.2) is 13.1 Å². The van der Waals surface area contributed by atoms with Crippen molar-refractivity contribution in [1.29, 1.82) is 0 Å². The summed E-state index contributed by atoms with van der Waals surface area (Å²) in [7, 11) is -0.910. The normalized spacial score (nSPS) is 11.2. The summed E-state index contributed by atoms with van der Waals surface area (Å²) in [5.41, 5.74) is -0.0163. The lowest BCUT2D eigenvalue weighted by molar-refractivity contribution is 0.0981. The topological polar surface area (TPSA) is 117 Å². The van der Waals surface area contributed by atoms with Gasteiger partial charge >= 0.3 is 6.01 Å². The second kappa shape index (κ2) is 8.40. The van der Waals surface area contributed by atoms with Crippen molar-refractivity contribution in [2.75, 3.05) is 14.2 Å². The Kier molecular flexibility index (Phi) is 6.45. The van der Waals surface area contributed by atoms with Crippen molar-refractivity contribution >= 4 is 27.5 Å². The Labute approximate surface area is 161 Å². The van der Waals surface area contributed by atoms with E-state index in [9.17, 15) is 13.2 Å². The molecule has 0 aliphatic rings. The molecule has 1 heterocycles. The van der Waals surface area contributed by atoms with Crippen LogP contribution >= 0.6 is 11.6 Å². The number of aromatic nitrogens is 2. The first-order chi connectivity index (χ1) is 12.7. The summed E-state index contributed by atoms with van der Waals surface area (Å²) in [6.45, 7) is 2.91. The Morgan fingerprint density at radius 2 is 1.70 bits per heavy atom. The van der Waals surface area contributed by atoms with E-state index in [4.69, 9.17) is 25.8 Å². The maximum Gasteiger partial charge on any atom is 0.328 e. The zero-order chi connectivity index (χ0) is 20.2. The van der Waals surface area contributed by atoms with Gasteiger partial charge in [0.05, 0.1) is 36.1 Å². The molecule has 0 spiro atoms. The number of amides is 1. The molecule has 1 aromatic heterocycles. The first-order valence-corrected chi connectivity index (χ1v) is 9.59. The highest BCUT2D eigenvalue weighted by Crippen LogP contribution is 2.27. The van der Waals surface area contributed by atoms with Crippen LogP contribution in [0.1, 0.15) is 24.2 Å². The molecule has 0 atom stereocenters. The van der Waals surface area contributed by atoms with E-state index >= 15 is 0 Å². The Morgan fingerprint density at radius 3 is 2.19 bits per heavy atom. The third-order valence-electron chi connectivity index (χ3n) is 3.33. The second-order valence-corrected chi connectivity index (χ2v) is 8.15. The quantitative estimate of drug-likeness (QED) is 0.732. The zero-order valence-corrected chi connectivity index (χ0v) is 16.6. The maximum absolute atomic E-state index is 12.1. The number of rotatable bonds is 7. The van der Waals surface area contributed by atoms with E-state index in [2.05, 4.69) is 9.97 Å². The van der Waals surface area contributed by atoms with Crippen molar-refractivity contribution in [3.63, 3.8) is 0 Å². The number of sulfonamides is 1. The van der Waals surface area contributed by atoms with Gasteiger partial charge in [-0.15, -0.1) is 0 Å². The summed E-state index contributed by atoms with van der Waals surface area (Å²) in [4.78, 5) is 20.2. The Balaban J connectivity index is 2.23. The number of ether oxygens (including phenoxy) is 3. The number of nitrogens with one attached hydrogen (secondary N) is 1. The average molecular weight is 416 g/mol. The minimum atomic E-state index is -3.77. The van der Waals surface area contributed by atoms with E-state index in [-0.39, 0.29) is 34.1 Å². The molecule has 0 fully saturated rings. The highest BCUT2D eigenvalue weighted by Gasteiger charge is 2.21. The molecule has 1 amide bonds. The van der Waals surface area contributed by atoms with Crippen molar-refractivity contribution in [1.82, 2.24) is 14.7 Å². The predicted octanol–water partition coefficient (Wildman–Crippen LogP) is 2.41. The molecule has 0 aliphatic heterocycles. The SMILES string of the molecule is COc1cc(OC)nc(Oc2ccc(C(=O)NS(=O)(=O)C(C)C)c(Cl)c2)n1. The first-order valence-electron chi connectivity index (χ1n) is 7.66. The lowest BCUT2D eigenvalue weighted by Gasteiger charge is -2.11. The van der Waals surface area contributed by atoms with Crippen LogP contribution in [0.25, 0.3) is 0 Å². The van der Waals surface area contributed by atoms with Gasteiger partial charge in [-0.2, -0.15) is 9.97 Å². The Morgan fingerprint density at radius 1 is 1.11 bits per heavy atom. The van der Waals surface area contributed by atoms with Crippen molar-refractivity contribution < 1.29 is 27.4 Å². The van der Waals surface area contributed by atoms with Gasteiger partial charge in [0.1, 0.15) is 5.75 Å². The molecule has 0 aliphatic carbocycles. The van der Waals surface area contributed by atoms with Crippen LogP contribution in [-0.4, -0.2) is 43.8 Å². The molecule has 11 heteroatoms. The molecule has 0 saturated heterocycles. The van der Waals surface area contributed by atoms with E-state index in [0.29, 0.717) is 0 Å². The van der Waals surface area contributed by atoms with Crippen LogP contribution < -0.4 is 18.9 Å². The smallest absolute Gasteiger partial charge is 0.328 e. The molecule has 0 bridgehead atoms. The highest BCUT2D eigenvalue weighted by atomic mass is 35.5. The molecule has 9 nitrogen and oxygen atoms in total. The monoisotopic (exact) mass is 415 g/mol. The largest absolute Gasteiger partial charge is 0.481 e. The molecule has 27 heavy (non-hydrogen) atoms. The third kappa shape index (κ3) is 5.20. The van der Waals surface area contributed by atoms with Gasteiger partial charge in [0.25, 0.3) is 5.91 Å². The number of halogens is 1. The number of benzene rings is 1. The number of hydrogen-bond acceptors (Lipinski definition) is 8. The third-order valence-corrected chi connectivity index (χ3v) is 5.35. The summed E-state index contributed by atoms with van der Waals surface area (Å²) >= 11 is 6.09. The molecule has 1 aromatic carbocycles. The summed E-state index contributed by atoms with van der Waals surface area (Å²) in [6.07, 6.45) is 0. The van der Waals surface area contributed by atoms with Crippen LogP contribution in [0.5, 0.6) is 23.5 Å². The lowest BCUT2D eigenvalue weighted by atomic mass is 10.2. The molecule has 2 aromatic rings. The van der Waals surface area contributed by atoms with Gasteiger partial charge in [-0.05, 0) is 26.0 Å². The fraction of sp³-hybridized carbons (Fsp3) is 0.312. The van der Waals surface area contributed by atoms with Crippen LogP contribution in [-0.2, 0) is 10.0 Å². The summed E-state index contributed by atoms with van der Waals surface area (Å²) in [6, 6.07) is 5.52. The second-order valence-electron chi connectivity index (χ2n) is 5.50. The average Bonchev–Trinajstić information content (AvgIpc) is 2.60. The van der Waals surface area contributed by atoms with E-state index in [0.717, 1.165) is 0 Å². The van der Waals surface area contributed by atoms with E-state index in [1.54, 1.807) is 0 Å². The number of carbonyl (C=O) groups excluding carboxylic acids is 1. The van der Waals surface area contributed by atoms with Gasteiger partial charge < -0.3 is 14.2 Å². The van der Waals surface area contributed by atoms with Gasteiger partial charge in [-0.1, -0.05) is 11.6 Å². The molecule has 0 saturated carbocycles. The molecule has 146 valence electrons. The fourth-order valence-corrected chi connectivity index (χ4v) is 2.65. The maximum atomic E-state index is 12.1. The van der Waals surface area contributed by atoms with Crippen molar-refractivity contribution in [3.8, 4) is 23.5 Å². The minimum Gasteiger partial charge on any atom is -0.481 e. The molecular formula is C16H18ClN3O6S. The summed E-state index contributed by atoms with van der Waals surface area (Å²) < 4.78 is 41.1. The molecule has 2 rings (SSSR count). The summed E-state index contributed by atoms with van der Waals surface area (Å²) in [5.74, 6) is -0.131.